The molecule has 126 valence electrons. The lowest BCUT2D eigenvalue weighted by Gasteiger charge is -2.03. The molecule has 0 unspecified atom stereocenters. The lowest BCUT2D eigenvalue weighted by atomic mass is 10.0. The summed E-state index contributed by atoms with van der Waals surface area (Å²) in [4.78, 5) is 10.5. The zero-order valence-corrected chi connectivity index (χ0v) is 15.0. The van der Waals surface area contributed by atoms with Crippen molar-refractivity contribution in [3.05, 3.63) is 0 Å². The van der Waals surface area contributed by atoms with Crippen molar-refractivity contribution < 1.29 is 4.79 Å². The highest BCUT2D eigenvalue weighted by Crippen LogP contribution is 2.13. The second-order valence-electron chi connectivity index (χ2n) is 6.12. The molecule has 0 aromatic carbocycles. The van der Waals surface area contributed by atoms with Gasteiger partial charge in [0.15, 0.2) is 0 Å². The molecular formula is C18H37NOS. The monoisotopic (exact) mass is 315 g/mol. The molecule has 21 heavy (non-hydrogen) atoms. The van der Waals surface area contributed by atoms with Crippen LogP contribution in [-0.4, -0.2) is 17.4 Å². The van der Waals surface area contributed by atoms with Crippen LogP contribution in [0.1, 0.15) is 96.8 Å². The molecule has 2 nitrogen and oxygen atoms in total. The number of carbonyl (C=O) groups is 1. The number of amides is 1. The average molecular weight is 316 g/mol. The number of thioether (sulfide) groups is 1. The Bertz CT molecular complexity index is 221. The maximum Gasteiger partial charge on any atom is 0.227 e. The van der Waals surface area contributed by atoms with Crippen LogP contribution in [0.2, 0.25) is 0 Å². The van der Waals surface area contributed by atoms with Crippen molar-refractivity contribution in [2.45, 2.75) is 96.8 Å². The van der Waals surface area contributed by atoms with Gasteiger partial charge in [-0.25, -0.2) is 0 Å². The summed E-state index contributed by atoms with van der Waals surface area (Å²) in [6.07, 6.45) is 19.5. The minimum absolute atomic E-state index is 0.189. The van der Waals surface area contributed by atoms with Crippen molar-refractivity contribution in [1.82, 2.24) is 0 Å². The van der Waals surface area contributed by atoms with E-state index in [4.69, 9.17) is 5.73 Å². The third-order valence-electron chi connectivity index (χ3n) is 3.89. The van der Waals surface area contributed by atoms with Crippen molar-refractivity contribution in [2.24, 2.45) is 5.73 Å². The van der Waals surface area contributed by atoms with E-state index in [-0.39, 0.29) is 5.91 Å². The van der Waals surface area contributed by atoms with E-state index in [2.05, 4.69) is 6.92 Å². The normalized spacial score (nSPS) is 10.9. The van der Waals surface area contributed by atoms with Crippen molar-refractivity contribution in [3.63, 3.8) is 0 Å². The van der Waals surface area contributed by atoms with Crippen LogP contribution >= 0.6 is 11.8 Å². The van der Waals surface area contributed by atoms with Gasteiger partial charge in [-0.2, -0.15) is 11.8 Å². The zero-order chi connectivity index (χ0) is 15.6. The summed E-state index contributed by atoms with van der Waals surface area (Å²) in [5.41, 5.74) is 5.09. The van der Waals surface area contributed by atoms with Crippen molar-refractivity contribution in [2.75, 3.05) is 11.5 Å². The molecule has 0 heterocycles. The summed E-state index contributed by atoms with van der Waals surface area (Å²) in [6.45, 7) is 2.28. The zero-order valence-electron chi connectivity index (χ0n) is 14.2. The second kappa shape index (κ2) is 17.9. The van der Waals surface area contributed by atoms with E-state index in [1.807, 2.05) is 0 Å². The van der Waals surface area contributed by atoms with E-state index in [0.29, 0.717) is 5.75 Å². The summed E-state index contributed by atoms with van der Waals surface area (Å²) in [7, 11) is 0. The molecule has 0 spiro atoms. The van der Waals surface area contributed by atoms with Crippen LogP contribution < -0.4 is 5.73 Å². The first-order chi connectivity index (χ1) is 10.3. The molecule has 0 fully saturated rings. The molecule has 0 aliphatic carbocycles. The molecule has 0 aromatic rings. The Hall–Kier alpha value is -0.180. The van der Waals surface area contributed by atoms with Gasteiger partial charge in [0.25, 0.3) is 0 Å². The minimum Gasteiger partial charge on any atom is -0.369 e. The van der Waals surface area contributed by atoms with Crippen LogP contribution in [0.5, 0.6) is 0 Å². The molecule has 0 atom stereocenters. The van der Waals surface area contributed by atoms with Crippen LogP contribution in [0.15, 0.2) is 0 Å². The summed E-state index contributed by atoms with van der Waals surface area (Å²) in [6, 6.07) is 0. The molecule has 0 saturated carbocycles. The van der Waals surface area contributed by atoms with E-state index < -0.39 is 0 Å². The molecule has 3 heteroatoms. The molecule has 0 bridgehead atoms. The standard InChI is InChI=1S/C18H37NOS/c1-2-3-4-5-6-7-8-9-10-11-12-13-14-15-16-21-17-18(19)20/h2-17H2,1H3,(H2,19,20). The van der Waals surface area contributed by atoms with Gasteiger partial charge in [-0.1, -0.05) is 90.4 Å². The number of nitrogens with two attached hydrogens (primary N) is 1. The highest BCUT2D eigenvalue weighted by atomic mass is 32.2. The van der Waals surface area contributed by atoms with Gasteiger partial charge >= 0.3 is 0 Å². The number of carbonyl (C=O) groups excluding carboxylic acids is 1. The van der Waals surface area contributed by atoms with E-state index in [9.17, 15) is 4.79 Å². The van der Waals surface area contributed by atoms with Gasteiger partial charge in [0, 0.05) is 0 Å². The predicted molar refractivity (Wildman–Crippen MR) is 96.8 cm³/mol. The Morgan fingerprint density at radius 1 is 0.714 bits per heavy atom. The summed E-state index contributed by atoms with van der Waals surface area (Å²) >= 11 is 1.67. The SMILES string of the molecule is CCCCCCCCCCCCCCCCSCC(N)=O. The summed E-state index contributed by atoms with van der Waals surface area (Å²) in [5, 5.41) is 0. The topological polar surface area (TPSA) is 43.1 Å². The van der Waals surface area contributed by atoms with Gasteiger partial charge in [0.1, 0.15) is 0 Å². The number of hydrogen-bond acceptors (Lipinski definition) is 2. The van der Waals surface area contributed by atoms with Gasteiger partial charge in [0.05, 0.1) is 5.75 Å². The first-order valence-electron chi connectivity index (χ1n) is 9.13. The minimum atomic E-state index is -0.189. The molecule has 0 aromatic heterocycles. The predicted octanol–water partition coefficient (Wildman–Crippen LogP) is 5.69. The lowest BCUT2D eigenvalue weighted by Crippen LogP contribution is -2.13. The van der Waals surface area contributed by atoms with E-state index in [1.165, 1.54) is 89.9 Å². The van der Waals surface area contributed by atoms with Crippen LogP contribution in [-0.2, 0) is 4.79 Å². The van der Waals surface area contributed by atoms with Gasteiger partial charge in [-0.3, -0.25) is 4.79 Å². The van der Waals surface area contributed by atoms with Gasteiger partial charge in [0.2, 0.25) is 5.91 Å². The fourth-order valence-corrected chi connectivity index (χ4v) is 3.33. The van der Waals surface area contributed by atoms with E-state index in [1.54, 1.807) is 11.8 Å². The van der Waals surface area contributed by atoms with Crippen molar-refractivity contribution in [3.8, 4) is 0 Å². The third kappa shape index (κ3) is 19.8. The number of hydrogen-bond donors (Lipinski definition) is 1. The van der Waals surface area contributed by atoms with Crippen LogP contribution in [0.4, 0.5) is 0 Å². The molecule has 1 amide bonds. The van der Waals surface area contributed by atoms with Crippen molar-refractivity contribution >= 4 is 17.7 Å². The Labute approximate surface area is 137 Å². The first kappa shape index (κ1) is 20.8. The highest BCUT2D eigenvalue weighted by molar-refractivity contribution is 7.99. The molecule has 0 aliphatic heterocycles. The molecule has 0 aliphatic rings. The largest absolute Gasteiger partial charge is 0.369 e. The lowest BCUT2D eigenvalue weighted by molar-refractivity contribution is -0.115. The van der Waals surface area contributed by atoms with Crippen LogP contribution in [0, 0.1) is 0 Å². The highest BCUT2D eigenvalue weighted by Gasteiger charge is 1.96. The summed E-state index contributed by atoms with van der Waals surface area (Å²) in [5.74, 6) is 1.38. The summed E-state index contributed by atoms with van der Waals surface area (Å²) < 4.78 is 0. The van der Waals surface area contributed by atoms with Crippen molar-refractivity contribution in [1.29, 1.82) is 0 Å². The number of primary amides is 1. The fraction of sp³-hybridized carbons (Fsp3) is 0.944. The van der Waals surface area contributed by atoms with Crippen LogP contribution in [0.25, 0.3) is 0 Å². The Balaban J connectivity index is 2.95. The van der Waals surface area contributed by atoms with Gasteiger partial charge < -0.3 is 5.73 Å². The number of rotatable bonds is 17. The Morgan fingerprint density at radius 2 is 1.10 bits per heavy atom. The van der Waals surface area contributed by atoms with Crippen LogP contribution in [0.3, 0.4) is 0 Å². The Morgan fingerprint density at radius 3 is 1.48 bits per heavy atom. The Kier molecular flexibility index (Phi) is 17.7. The molecule has 0 rings (SSSR count). The van der Waals surface area contributed by atoms with E-state index >= 15 is 0 Å². The maximum absolute atomic E-state index is 10.5. The molecule has 0 saturated heterocycles. The maximum atomic E-state index is 10.5. The van der Waals surface area contributed by atoms with Gasteiger partial charge in [-0.05, 0) is 12.2 Å². The number of unbranched alkanes of at least 4 members (excludes halogenated alkanes) is 13. The van der Waals surface area contributed by atoms with Gasteiger partial charge in [-0.15, -0.1) is 0 Å². The second-order valence-corrected chi connectivity index (χ2v) is 7.22. The molecule has 2 N–H and O–H groups in total. The smallest absolute Gasteiger partial charge is 0.227 e. The molecular weight excluding hydrogens is 278 g/mol. The average Bonchev–Trinajstić information content (AvgIpc) is 2.46. The van der Waals surface area contributed by atoms with E-state index in [0.717, 1.165) is 5.75 Å². The first-order valence-corrected chi connectivity index (χ1v) is 10.3. The quantitative estimate of drug-likeness (QED) is 0.351. The molecule has 0 radical (unpaired) electrons. The fourth-order valence-electron chi connectivity index (χ4n) is 2.57. The third-order valence-corrected chi connectivity index (χ3v) is 4.95.